The molecule has 1 fully saturated rings. The molecule has 0 aromatic rings. The maximum Gasteiger partial charge on any atom is 0.127 e. The van der Waals surface area contributed by atoms with Gasteiger partial charge in [0, 0.05) is 18.0 Å². The van der Waals surface area contributed by atoms with Gasteiger partial charge < -0.3 is 9.69 Å². The Kier molecular flexibility index (Phi) is 5.39. The lowest BCUT2D eigenvalue weighted by Crippen LogP contribution is -2.45. The molecular formula is C16H31NO. The van der Waals surface area contributed by atoms with Gasteiger partial charge in [-0.3, -0.25) is 0 Å². The average Bonchev–Trinajstić information content (AvgIpc) is 2.53. The van der Waals surface area contributed by atoms with Gasteiger partial charge >= 0.3 is 0 Å². The summed E-state index contributed by atoms with van der Waals surface area (Å²) < 4.78 is 0. The van der Waals surface area contributed by atoms with Gasteiger partial charge in [0.25, 0.3) is 0 Å². The molecule has 2 nitrogen and oxygen atoms in total. The molecular weight excluding hydrogens is 222 g/mol. The zero-order valence-electron chi connectivity index (χ0n) is 13.0. The zero-order valence-corrected chi connectivity index (χ0v) is 13.0. The molecule has 0 bridgehead atoms. The highest BCUT2D eigenvalue weighted by molar-refractivity contribution is 5.59. The summed E-state index contributed by atoms with van der Waals surface area (Å²) in [6, 6.07) is 0.498. The third kappa shape index (κ3) is 4.08. The van der Waals surface area contributed by atoms with Gasteiger partial charge in [-0.2, -0.15) is 0 Å². The van der Waals surface area contributed by atoms with E-state index in [1.165, 1.54) is 32.0 Å². The SMILES string of the molecule is CC(N(C)CC1(C=O)CCCCCC1)C(C)(C)C. The Morgan fingerprint density at radius 2 is 1.67 bits per heavy atom. The summed E-state index contributed by atoms with van der Waals surface area (Å²) in [4.78, 5) is 14.0. The van der Waals surface area contributed by atoms with Crippen LogP contribution in [0.2, 0.25) is 0 Å². The van der Waals surface area contributed by atoms with Gasteiger partial charge in [0.1, 0.15) is 6.29 Å². The number of aldehydes is 1. The van der Waals surface area contributed by atoms with Crippen molar-refractivity contribution in [3.05, 3.63) is 0 Å². The Bertz CT molecular complexity index is 259. The smallest absolute Gasteiger partial charge is 0.127 e. The van der Waals surface area contributed by atoms with Crippen LogP contribution in [-0.4, -0.2) is 30.8 Å². The van der Waals surface area contributed by atoms with Crippen molar-refractivity contribution in [2.24, 2.45) is 10.8 Å². The highest BCUT2D eigenvalue weighted by Crippen LogP contribution is 2.35. The summed E-state index contributed by atoms with van der Waals surface area (Å²) in [6.45, 7) is 10.0. The fraction of sp³-hybridized carbons (Fsp3) is 0.938. The molecule has 1 aliphatic carbocycles. The van der Waals surface area contributed by atoms with Gasteiger partial charge in [-0.15, -0.1) is 0 Å². The molecule has 0 radical (unpaired) electrons. The Labute approximate surface area is 113 Å². The van der Waals surface area contributed by atoms with Crippen molar-refractivity contribution >= 4 is 6.29 Å². The van der Waals surface area contributed by atoms with E-state index < -0.39 is 0 Å². The van der Waals surface area contributed by atoms with Crippen LogP contribution in [0.1, 0.15) is 66.2 Å². The molecule has 106 valence electrons. The number of rotatable bonds is 4. The van der Waals surface area contributed by atoms with Crippen molar-refractivity contribution in [1.82, 2.24) is 4.90 Å². The van der Waals surface area contributed by atoms with Gasteiger partial charge in [0.2, 0.25) is 0 Å². The number of hydrogen-bond donors (Lipinski definition) is 0. The van der Waals surface area contributed by atoms with Crippen LogP contribution in [0.25, 0.3) is 0 Å². The lowest BCUT2D eigenvalue weighted by atomic mass is 9.79. The van der Waals surface area contributed by atoms with Crippen LogP contribution in [0.3, 0.4) is 0 Å². The van der Waals surface area contributed by atoms with Gasteiger partial charge in [0.15, 0.2) is 0 Å². The van der Waals surface area contributed by atoms with Crippen molar-refractivity contribution in [1.29, 1.82) is 0 Å². The number of nitrogens with zero attached hydrogens (tertiary/aromatic N) is 1. The molecule has 1 saturated carbocycles. The van der Waals surface area contributed by atoms with Gasteiger partial charge in [-0.05, 0) is 32.2 Å². The van der Waals surface area contributed by atoms with Crippen molar-refractivity contribution in [2.75, 3.05) is 13.6 Å². The quantitative estimate of drug-likeness (QED) is 0.559. The minimum atomic E-state index is -0.0786. The lowest BCUT2D eigenvalue weighted by Gasteiger charge is -2.40. The Morgan fingerprint density at radius 3 is 2.06 bits per heavy atom. The summed E-state index contributed by atoms with van der Waals surface area (Å²) in [5, 5.41) is 0. The number of carbonyl (C=O) groups excluding carboxylic acids is 1. The Hall–Kier alpha value is -0.370. The van der Waals surface area contributed by atoms with E-state index in [2.05, 4.69) is 39.6 Å². The van der Waals surface area contributed by atoms with E-state index in [0.29, 0.717) is 6.04 Å². The van der Waals surface area contributed by atoms with E-state index in [9.17, 15) is 4.79 Å². The molecule has 1 aliphatic rings. The first-order valence-electron chi connectivity index (χ1n) is 7.47. The predicted octanol–water partition coefficient (Wildman–Crippen LogP) is 3.89. The molecule has 0 aromatic carbocycles. The highest BCUT2D eigenvalue weighted by Gasteiger charge is 2.34. The molecule has 0 saturated heterocycles. The standard InChI is InChI=1S/C16H31NO/c1-14(15(2,3)4)17(5)12-16(13-18)10-8-6-7-9-11-16/h13-14H,6-12H2,1-5H3. The summed E-state index contributed by atoms with van der Waals surface area (Å²) in [5.74, 6) is 0. The van der Waals surface area contributed by atoms with Crippen LogP contribution in [0.15, 0.2) is 0 Å². The fourth-order valence-electron chi connectivity index (χ4n) is 3.04. The largest absolute Gasteiger partial charge is 0.303 e. The second-order valence-electron chi connectivity index (χ2n) is 7.35. The van der Waals surface area contributed by atoms with E-state index in [1.54, 1.807) is 0 Å². The predicted molar refractivity (Wildman–Crippen MR) is 77.7 cm³/mol. The van der Waals surface area contributed by atoms with E-state index >= 15 is 0 Å². The first-order valence-corrected chi connectivity index (χ1v) is 7.47. The number of hydrogen-bond acceptors (Lipinski definition) is 2. The third-order valence-corrected chi connectivity index (χ3v) is 4.83. The monoisotopic (exact) mass is 253 g/mol. The van der Waals surface area contributed by atoms with Gasteiger partial charge in [-0.25, -0.2) is 0 Å². The second kappa shape index (κ2) is 6.18. The normalized spacial score (nSPS) is 22.6. The van der Waals surface area contributed by atoms with E-state index in [-0.39, 0.29) is 10.8 Å². The summed E-state index contributed by atoms with van der Waals surface area (Å²) in [5.41, 5.74) is 0.189. The summed E-state index contributed by atoms with van der Waals surface area (Å²) >= 11 is 0. The van der Waals surface area contributed by atoms with Crippen LogP contribution >= 0.6 is 0 Å². The minimum Gasteiger partial charge on any atom is -0.303 e. The van der Waals surface area contributed by atoms with Crippen molar-refractivity contribution < 1.29 is 4.79 Å². The molecule has 0 N–H and O–H groups in total. The molecule has 1 rings (SSSR count). The molecule has 2 heteroatoms. The highest BCUT2D eigenvalue weighted by atomic mass is 16.1. The topological polar surface area (TPSA) is 20.3 Å². The van der Waals surface area contributed by atoms with Crippen molar-refractivity contribution in [3.8, 4) is 0 Å². The molecule has 18 heavy (non-hydrogen) atoms. The first-order chi connectivity index (χ1) is 8.31. The van der Waals surface area contributed by atoms with Crippen LogP contribution in [0.5, 0.6) is 0 Å². The van der Waals surface area contributed by atoms with Gasteiger partial charge in [-0.1, -0.05) is 46.5 Å². The molecule has 0 aliphatic heterocycles. The third-order valence-electron chi connectivity index (χ3n) is 4.83. The van der Waals surface area contributed by atoms with Crippen LogP contribution in [0.4, 0.5) is 0 Å². The van der Waals surface area contributed by atoms with E-state index in [4.69, 9.17) is 0 Å². The van der Waals surface area contributed by atoms with E-state index in [0.717, 1.165) is 19.4 Å². The Balaban J connectivity index is 2.69. The molecule has 0 heterocycles. The first kappa shape index (κ1) is 15.7. The molecule has 0 spiro atoms. The van der Waals surface area contributed by atoms with Crippen LogP contribution < -0.4 is 0 Å². The molecule has 0 aromatic heterocycles. The maximum atomic E-state index is 11.6. The van der Waals surface area contributed by atoms with E-state index in [1.807, 2.05) is 0 Å². The van der Waals surface area contributed by atoms with Crippen molar-refractivity contribution in [2.45, 2.75) is 72.3 Å². The fourth-order valence-corrected chi connectivity index (χ4v) is 3.04. The zero-order chi connectivity index (χ0) is 13.8. The molecule has 1 unspecified atom stereocenters. The minimum absolute atomic E-state index is 0.0786. The van der Waals surface area contributed by atoms with Crippen molar-refractivity contribution in [3.63, 3.8) is 0 Å². The van der Waals surface area contributed by atoms with Gasteiger partial charge in [0.05, 0.1) is 0 Å². The van der Waals surface area contributed by atoms with Crippen LogP contribution in [0, 0.1) is 10.8 Å². The summed E-state index contributed by atoms with van der Waals surface area (Å²) in [6.07, 6.45) is 8.45. The molecule has 0 amide bonds. The summed E-state index contributed by atoms with van der Waals surface area (Å²) in [7, 11) is 2.17. The molecule has 1 atom stereocenters. The Morgan fingerprint density at radius 1 is 1.17 bits per heavy atom. The number of carbonyl (C=O) groups is 1. The van der Waals surface area contributed by atoms with Crippen LogP contribution in [-0.2, 0) is 4.79 Å². The maximum absolute atomic E-state index is 11.6. The second-order valence-corrected chi connectivity index (χ2v) is 7.35. The lowest BCUT2D eigenvalue weighted by molar-refractivity contribution is -0.118. The average molecular weight is 253 g/mol.